The van der Waals surface area contributed by atoms with E-state index in [1.165, 1.54) is 33.3 Å². The van der Waals surface area contributed by atoms with E-state index >= 15 is 0 Å². The number of hydrogen-bond donors (Lipinski definition) is 1. The Kier molecular flexibility index (Phi) is 5.24. The zero-order chi connectivity index (χ0) is 20.6. The predicted molar refractivity (Wildman–Crippen MR) is 114 cm³/mol. The quantitative estimate of drug-likeness (QED) is 0.688. The van der Waals surface area contributed by atoms with Crippen LogP contribution in [0.3, 0.4) is 0 Å². The molecule has 0 fully saturated rings. The normalized spacial score (nSPS) is 14.4. The zero-order valence-electron chi connectivity index (χ0n) is 16.2. The summed E-state index contributed by atoms with van der Waals surface area (Å²) in [5.74, 6) is -0.375. The van der Waals surface area contributed by atoms with Gasteiger partial charge in [-0.25, -0.2) is 13.4 Å². The number of thiazole rings is 1. The van der Waals surface area contributed by atoms with Crippen molar-refractivity contribution in [3.05, 3.63) is 75.8 Å². The first kappa shape index (κ1) is 19.8. The average Bonchev–Trinajstić information content (AvgIpc) is 3.04. The molecule has 1 aromatic heterocycles. The van der Waals surface area contributed by atoms with Gasteiger partial charge in [-0.3, -0.25) is 10.1 Å². The number of anilines is 1. The lowest BCUT2D eigenvalue weighted by molar-refractivity contribution is 0.102. The van der Waals surface area contributed by atoms with Gasteiger partial charge in [0.2, 0.25) is 10.0 Å². The van der Waals surface area contributed by atoms with Crippen LogP contribution in [0.2, 0.25) is 0 Å². The van der Waals surface area contributed by atoms with Crippen LogP contribution in [-0.2, 0) is 23.0 Å². The van der Waals surface area contributed by atoms with Crippen molar-refractivity contribution in [3.63, 3.8) is 0 Å². The summed E-state index contributed by atoms with van der Waals surface area (Å²) in [6.45, 7) is 4.58. The van der Waals surface area contributed by atoms with E-state index in [4.69, 9.17) is 0 Å². The van der Waals surface area contributed by atoms with E-state index in [9.17, 15) is 13.2 Å². The molecule has 0 aliphatic carbocycles. The van der Waals surface area contributed by atoms with Crippen LogP contribution in [0.4, 0.5) is 5.13 Å². The Morgan fingerprint density at radius 3 is 2.59 bits per heavy atom. The number of aromatic nitrogens is 1. The number of benzene rings is 2. The van der Waals surface area contributed by atoms with Gasteiger partial charge in [-0.2, -0.15) is 4.31 Å². The highest BCUT2D eigenvalue weighted by molar-refractivity contribution is 7.89. The maximum atomic E-state index is 13.2. The van der Waals surface area contributed by atoms with Gasteiger partial charge in [0.15, 0.2) is 5.13 Å². The molecule has 4 rings (SSSR count). The molecule has 1 amide bonds. The Hall–Kier alpha value is -2.55. The maximum absolute atomic E-state index is 13.2. The first-order valence-electron chi connectivity index (χ1n) is 9.27. The van der Waals surface area contributed by atoms with Gasteiger partial charge < -0.3 is 0 Å². The minimum atomic E-state index is -3.70. The lowest BCUT2D eigenvalue weighted by Crippen LogP contribution is -2.36. The summed E-state index contributed by atoms with van der Waals surface area (Å²) in [5, 5.41) is 3.26. The van der Waals surface area contributed by atoms with Gasteiger partial charge in [0, 0.05) is 23.5 Å². The number of nitrogens with zero attached hydrogens (tertiary/aromatic N) is 2. The van der Waals surface area contributed by atoms with Crippen LogP contribution in [0.5, 0.6) is 0 Å². The summed E-state index contributed by atoms with van der Waals surface area (Å²) in [7, 11) is -3.70. The molecular weight excluding hydrogens is 406 g/mol. The van der Waals surface area contributed by atoms with Crippen LogP contribution in [0, 0.1) is 13.8 Å². The van der Waals surface area contributed by atoms with Crippen LogP contribution in [0.1, 0.15) is 32.1 Å². The number of aryl methyl sites for hydroxylation is 2. The van der Waals surface area contributed by atoms with Gasteiger partial charge in [-0.1, -0.05) is 30.3 Å². The number of amides is 1. The predicted octanol–water partition coefficient (Wildman–Crippen LogP) is 3.76. The molecule has 150 valence electrons. The highest BCUT2D eigenvalue weighted by Crippen LogP contribution is 2.26. The summed E-state index contributed by atoms with van der Waals surface area (Å²) in [5.41, 5.74) is 3.35. The van der Waals surface area contributed by atoms with Gasteiger partial charge in [-0.15, -0.1) is 11.3 Å². The summed E-state index contributed by atoms with van der Waals surface area (Å²) in [6.07, 6.45) is 0.679. The Morgan fingerprint density at radius 1 is 1.10 bits per heavy atom. The first-order chi connectivity index (χ1) is 13.8. The molecule has 2 heterocycles. The van der Waals surface area contributed by atoms with E-state index in [0.29, 0.717) is 24.6 Å². The van der Waals surface area contributed by atoms with Gasteiger partial charge in [0.05, 0.1) is 10.6 Å². The fraction of sp³-hybridized carbons (Fsp3) is 0.238. The Labute approximate surface area is 174 Å². The van der Waals surface area contributed by atoms with E-state index in [-0.39, 0.29) is 16.4 Å². The van der Waals surface area contributed by atoms with Crippen molar-refractivity contribution in [2.75, 3.05) is 11.9 Å². The van der Waals surface area contributed by atoms with Gasteiger partial charge >= 0.3 is 0 Å². The zero-order valence-corrected chi connectivity index (χ0v) is 17.8. The molecule has 2 aromatic carbocycles. The average molecular weight is 428 g/mol. The second-order valence-corrected chi connectivity index (χ2v) is 10.1. The molecule has 0 atom stereocenters. The largest absolute Gasteiger partial charge is 0.298 e. The molecule has 0 bridgehead atoms. The third-order valence-electron chi connectivity index (χ3n) is 5.08. The van der Waals surface area contributed by atoms with Crippen LogP contribution in [-0.4, -0.2) is 30.2 Å². The van der Waals surface area contributed by atoms with E-state index in [0.717, 1.165) is 16.1 Å². The van der Waals surface area contributed by atoms with Crippen LogP contribution < -0.4 is 5.32 Å². The third kappa shape index (κ3) is 3.96. The highest BCUT2D eigenvalue weighted by atomic mass is 32.2. The Morgan fingerprint density at radius 2 is 1.86 bits per heavy atom. The molecule has 8 heteroatoms. The van der Waals surface area contributed by atoms with Crippen LogP contribution >= 0.6 is 11.3 Å². The van der Waals surface area contributed by atoms with Crippen molar-refractivity contribution in [1.29, 1.82) is 0 Å². The fourth-order valence-electron chi connectivity index (χ4n) is 3.32. The number of carbonyl (C=O) groups excluding carboxylic acids is 1. The van der Waals surface area contributed by atoms with Crippen molar-refractivity contribution in [2.24, 2.45) is 0 Å². The molecule has 1 aliphatic heterocycles. The van der Waals surface area contributed by atoms with Gasteiger partial charge in [-0.05, 0) is 49.6 Å². The first-order valence-corrected chi connectivity index (χ1v) is 11.5. The van der Waals surface area contributed by atoms with Crippen LogP contribution in [0.25, 0.3) is 0 Å². The number of carbonyl (C=O) groups is 1. The van der Waals surface area contributed by atoms with E-state index in [1.807, 2.05) is 38.1 Å². The number of rotatable bonds is 4. The number of hydrogen-bond acceptors (Lipinski definition) is 5. The second-order valence-electron chi connectivity index (χ2n) is 7.00. The molecule has 1 aliphatic rings. The number of nitrogens with one attached hydrogen (secondary N) is 1. The summed E-state index contributed by atoms with van der Waals surface area (Å²) in [6, 6.07) is 14.0. The topological polar surface area (TPSA) is 79.4 Å². The molecule has 0 radical (unpaired) electrons. The van der Waals surface area contributed by atoms with E-state index in [1.54, 1.807) is 12.1 Å². The van der Waals surface area contributed by atoms with Crippen molar-refractivity contribution in [3.8, 4) is 0 Å². The molecule has 0 spiro atoms. The lowest BCUT2D eigenvalue weighted by Gasteiger charge is -2.28. The van der Waals surface area contributed by atoms with Crippen molar-refractivity contribution >= 4 is 32.4 Å². The van der Waals surface area contributed by atoms with Crippen molar-refractivity contribution < 1.29 is 13.2 Å². The maximum Gasteiger partial charge on any atom is 0.257 e. The monoisotopic (exact) mass is 427 g/mol. The SMILES string of the molecule is Cc1nc(NC(=O)c2cccc(S(=O)(=O)N3CCc4ccccc4C3)c2)sc1C. The molecule has 1 N–H and O–H groups in total. The Bertz CT molecular complexity index is 1170. The molecule has 0 saturated heterocycles. The number of fused-ring (bicyclic) bond motifs is 1. The molecule has 0 saturated carbocycles. The summed E-state index contributed by atoms with van der Waals surface area (Å²) >= 11 is 1.39. The Balaban J connectivity index is 1.57. The highest BCUT2D eigenvalue weighted by Gasteiger charge is 2.28. The summed E-state index contributed by atoms with van der Waals surface area (Å²) in [4.78, 5) is 18.1. The minimum absolute atomic E-state index is 0.121. The minimum Gasteiger partial charge on any atom is -0.298 e. The molecule has 3 aromatic rings. The van der Waals surface area contributed by atoms with Gasteiger partial charge in [0.1, 0.15) is 0 Å². The lowest BCUT2D eigenvalue weighted by atomic mass is 10.0. The molecular formula is C21H21N3O3S2. The van der Waals surface area contributed by atoms with Gasteiger partial charge in [0.25, 0.3) is 5.91 Å². The fourth-order valence-corrected chi connectivity index (χ4v) is 5.59. The standard InChI is InChI=1S/C21H21N3O3S2/c1-14-15(2)28-21(22-14)23-20(25)17-8-5-9-19(12-17)29(26,27)24-11-10-16-6-3-4-7-18(16)13-24/h3-9,12H,10-11,13H2,1-2H3,(H,22,23,25). The molecule has 6 nitrogen and oxygen atoms in total. The molecule has 0 unspecified atom stereocenters. The molecule has 29 heavy (non-hydrogen) atoms. The third-order valence-corrected chi connectivity index (χ3v) is 7.91. The van der Waals surface area contributed by atoms with Crippen molar-refractivity contribution in [2.45, 2.75) is 31.7 Å². The van der Waals surface area contributed by atoms with E-state index < -0.39 is 10.0 Å². The van der Waals surface area contributed by atoms with Crippen molar-refractivity contribution in [1.82, 2.24) is 9.29 Å². The van der Waals surface area contributed by atoms with E-state index in [2.05, 4.69) is 10.3 Å². The number of sulfonamides is 1. The summed E-state index contributed by atoms with van der Waals surface area (Å²) < 4.78 is 27.8. The van der Waals surface area contributed by atoms with Crippen LogP contribution in [0.15, 0.2) is 53.4 Å². The smallest absolute Gasteiger partial charge is 0.257 e. The second kappa shape index (κ2) is 7.70.